The van der Waals surface area contributed by atoms with Crippen LogP contribution in [0, 0.1) is 11.3 Å². The summed E-state index contributed by atoms with van der Waals surface area (Å²) in [7, 11) is 0. The lowest BCUT2D eigenvalue weighted by atomic mass is 9.80. The zero-order chi connectivity index (χ0) is 22.1. The minimum Gasteiger partial charge on any atom is -0.440 e. The van der Waals surface area contributed by atoms with Crippen LogP contribution in [0.1, 0.15) is 30.9 Å². The molecule has 2 aliphatic rings. The van der Waals surface area contributed by atoms with Crippen LogP contribution in [0.15, 0.2) is 76.9 Å². The lowest BCUT2D eigenvalue weighted by Gasteiger charge is -2.40. The van der Waals surface area contributed by atoms with Crippen LogP contribution in [0.2, 0.25) is 10.0 Å². The monoisotopic (exact) mass is 451 g/mol. The summed E-state index contributed by atoms with van der Waals surface area (Å²) >= 11 is 13.0. The molecule has 1 unspecified atom stereocenters. The molecule has 2 aromatic carbocycles. The van der Waals surface area contributed by atoms with Crippen LogP contribution in [0.3, 0.4) is 0 Å². The van der Waals surface area contributed by atoms with E-state index in [4.69, 9.17) is 33.7 Å². The number of rotatable bonds is 3. The van der Waals surface area contributed by atoms with E-state index in [1.807, 2.05) is 54.6 Å². The molecule has 0 saturated heterocycles. The van der Waals surface area contributed by atoms with Gasteiger partial charge in [0, 0.05) is 34.7 Å². The third-order valence-electron chi connectivity index (χ3n) is 5.75. The van der Waals surface area contributed by atoms with Crippen LogP contribution >= 0.6 is 23.2 Å². The fourth-order valence-corrected chi connectivity index (χ4v) is 4.54. The first kappa shape index (κ1) is 21.5. The topological polar surface area (TPSA) is 62.3 Å². The van der Waals surface area contributed by atoms with Crippen molar-refractivity contribution in [3.63, 3.8) is 0 Å². The van der Waals surface area contributed by atoms with Crippen LogP contribution in [-0.2, 0) is 4.74 Å². The van der Waals surface area contributed by atoms with Gasteiger partial charge in [-0.05, 0) is 48.8 Å². The second kappa shape index (κ2) is 8.80. The van der Waals surface area contributed by atoms with E-state index in [9.17, 15) is 5.26 Å². The number of halogens is 2. The van der Waals surface area contributed by atoms with Gasteiger partial charge in [0.1, 0.15) is 17.4 Å². The molecule has 0 aliphatic carbocycles. The Morgan fingerprint density at radius 3 is 2.42 bits per heavy atom. The summed E-state index contributed by atoms with van der Waals surface area (Å²) in [5.74, 6) is 0.464. The highest BCUT2D eigenvalue weighted by molar-refractivity contribution is 6.32. The molecule has 4 nitrogen and oxygen atoms in total. The lowest BCUT2D eigenvalue weighted by Crippen LogP contribution is -2.41. The van der Waals surface area contributed by atoms with Gasteiger partial charge in [-0.2, -0.15) is 5.26 Å². The smallest absolute Gasteiger partial charge is 0.205 e. The van der Waals surface area contributed by atoms with E-state index in [0.29, 0.717) is 40.5 Å². The maximum absolute atomic E-state index is 9.91. The largest absolute Gasteiger partial charge is 0.440 e. The van der Waals surface area contributed by atoms with E-state index in [2.05, 4.69) is 24.8 Å². The first-order valence-corrected chi connectivity index (χ1v) is 10.9. The molecule has 0 bridgehead atoms. The SMILES string of the molecule is CC(C)N1CC(=Cc2ccccc2Cl)C2=C(C1)C(c1ccccc1Cl)C(C#N)=C(N)O2. The molecule has 2 aliphatic heterocycles. The summed E-state index contributed by atoms with van der Waals surface area (Å²) in [6.45, 7) is 5.65. The Morgan fingerprint density at radius 2 is 1.77 bits per heavy atom. The zero-order valence-corrected chi connectivity index (χ0v) is 18.9. The highest BCUT2D eigenvalue weighted by Crippen LogP contribution is 2.45. The number of nitrogens with zero attached hydrogens (tertiary/aromatic N) is 2. The number of hydrogen-bond donors (Lipinski definition) is 1. The zero-order valence-electron chi connectivity index (χ0n) is 17.4. The van der Waals surface area contributed by atoms with E-state index in [1.165, 1.54) is 0 Å². The fraction of sp³-hybridized carbons (Fsp3) is 0.240. The van der Waals surface area contributed by atoms with Crippen LogP contribution in [-0.4, -0.2) is 24.0 Å². The summed E-state index contributed by atoms with van der Waals surface area (Å²) in [6.07, 6.45) is 2.04. The van der Waals surface area contributed by atoms with E-state index < -0.39 is 0 Å². The fourth-order valence-electron chi connectivity index (χ4n) is 4.11. The lowest BCUT2D eigenvalue weighted by molar-refractivity contribution is 0.208. The molecule has 4 rings (SSSR count). The highest BCUT2D eigenvalue weighted by atomic mass is 35.5. The average Bonchev–Trinajstić information content (AvgIpc) is 2.75. The third kappa shape index (κ3) is 4.09. The number of nitrogens with two attached hydrogens (primary N) is 1. The highest BCUT2D eigenvalue weighted by Gasteiger charge is 2.39. The maximum atomic E-state index is 9.91. The standard InChI is InChI=1S/C25H23Cl2N3O/c1-15(2)30-13-17(11-16-7-3-5-9-21(16)26)24-20(14-30)23(19(12-28)25(29)31-24)18-8-4-6-10-22(18)27/h3-11,15,23H,13-14,29H2,1-2H3. The molecular formula is C25H23Cl2N3O. The molecule has 0 spiro atoms. The Hall–Kier alpha value is -2.71. The van der Waals surface area contributed by atoms with Crippen molar-refractivity contribution in [2.45, 2.75) is 25.8 Å². The summed E-state index contributed by atoms with van der Waals surface area (Å²) in [4.78, 5) is 2.34. The normalized spacial score (nSPS) is 20.6. The van der Waals surface area contributed by atoms with Crippen LogP contribution in [0.5, 0.6) is 0 Å². The third-order valence-corrected chi connectivity index (χ3v) is 6.44. The molecule has 2 N–H and O–H groups in total. The van der Waals surface area contributed by atoms with Crippen molar-refractivity contribution in [2.24, 2.45) is 5.73 Å². The quantitative estimate of drug-likeness (QED) is 0.634. The van der Waals surface area contributed by atoms with Crippen molar-refractivity contribution in [1.82, 2.24) is 4.90 Å². The molecule has 0 saturated carbocycles. The van der Waals surface area contributed by atoms with Gasteiger partial charge >= 0.3 is 0 Å². The van der Waals surface area contributed by atoms with Gasteiger partial charge in [-0.25, -0.2) is 0 Å². The second-order valence-corrected chi connectivity index (χ2v) is 8.80. The number of ether oxygens (including phenoxy) is 1. The molecule has 0 radical (unpaired) electrons. The van der Waals surface area contributed by atoms with Gasteiger partial charge < -0.3 is 10.5 Å². The van der Waals surface area contributed by atoms with Crippen molar-refractivity contribution in [2.75, 3.05) is 13.1 Å². The van der Waals surface area contributed by atoms with Gasteiger partial charge in [0.05, 0.1) is 5.92 Å². The number of allylic oxidation sites excluding steroid dienone is 1. The molecule has 0 aromatic heterocycles. The number of hydrogen-bond acceptors (Lipinski definition) is 4. The second-order valence-electron chi connectivity index (χ2n) is 7.99. The van der Waals surface area contributed by atoms with Crippen LogP contribution in [0.25, 0.3) is 6.08 Å². The molecule has 158 valence electrons. The molecule has 2 heterocycles. The maximum Gasteiger partial charge on any atom is 0.205 e. The Kier molecular flexibility index (Phi) is 6.11. The van der Waals surface area contributed by atoms with Gasteiger partial charge in [0.25, 0.3) is 0 Å². The first-order chi connectivity index (χ1) is 14.9. The molecule has 0 fully saturated rings. The van der Waals surface area contributed by atoms with Crippen molar-refractivity contribution >= 4 is 29.3 Å². The number of benzene rings is 2. The Morgan fingerprint density at radius 1 is 1.10 bits per heavy atom. The van der Waals surface area contributed by atoms with E-state index in [1.54, 1.807) is 0 Å². The van der Waals surface area contributed by atoms with Gasteiger partial charge in [0.2, 0.25) is 5.88 Å². The van der Waals surface area contributed by atoms with Crippen molar-refractivity contribution in [3.05, 3.63) is 98.1 Å². The first-order valence-electron chi connectivity index (χ1n) is 10.1. The van der Waals surface area contributed by atoms with Gasteiger partial charge in [0.15, 0.2) is 0 Å². The van der Waals surface area contributed by atoms with Crippen molar-refractivity contribution in [1.29, 1.82) is 5.26 Å². The molecule has 2 aromatic rings. The molecule has 0 amide bonds. The van der Waals surface area contributed by atoms with E-state index in [0.717, 1.165) is 22.3 Å². The Bertz CT molecular complexity index is 1160. The molecule has 6 heteroatoms. The number of nitriles is 1. The molecular weight excluding hydrogens is 429 g/mol. The minimum absolute atomic E-state index is 0.120. The molecule has 31 heavy (non-hydrogen) atoms. The van der Waals surface area contributed by atoms with Crippen molar-refractivity contribution in [3.8, 4) is 6.07 Å². The predicted octanol–water partition coefficient (Wildman–Crippen LogP) is 5.86. The summed E-state index contributed by atoms with van der Waals surface area (Å²) in [5, 5.41) is 11.2. The minimum atomic E-state index is -0.362. The van der Waals surface area contributed by atoms with E-state index >= 15 is 0 Å². The van der Waals surface area contributed by atoms with Gasteiger partial charge in [-0.15, -0.1) is 0 Å². The van der Waals surface area contributed by atoms with Crippen molar-refractivity contribution < 1.29 is 4.74 Å². The Labute approximate surface area is 192 Å². The van der Waals surface area contributed by atoms with Gasteiger partial charge in [-0.3, -0.25) is 4.90 Å². The predicted molar refractivity (Wildman–Crippen MR) is 125 cm³/mol. The average molecular weight is 452 g/mol. The van der Waals surface area contributed by atoms with Gasteiger partial charge in [-0.1, -0.05) is 59.6 Å². The summed E-state index contributed by atoms with van der Waals surface area (Å²) < 4.78 is 6.07. The summed E-state index contributed by atoms with van der Waals surface area (Å²) in [6, 6.07) is 17.8. The molecule has 1 atom stereocenters. The van der Waals surface area contributed by atoms with E-state index in [-0.39, 0.29) is 11.8 Å². The van der Waals surface area contributed by atoms with Crippen LogP contribution < -0.4 is 5.73 Å². The summed E-state index contributed by atoms with van der Waals surface area (Å²) in [5.41, 5.74) is 10.3. The van der Waals surface area contributed by atoms with Crippen LogP contribution in [0.4, 0.5) is 0 Å². The Balaban J connectivity index is 1.93.